The van der Waals surface area contributed by atoms with E-state index in [0.29, 0.717) is 24.2 Å². The minimum Gasteiger partial charge on any atom is -0.460 e. The summed E-state index contributed by atoms with van der Waals surface area (Å²) in [6.45, 7) is 8.72. The highest BCUT2D eigenvalue weighted by Crippen LogP contribution is 2.46. The Bertz CT molecular complexity index is 861. The number of Topliss-reactive ketones (excluding diaryl/α,β-unsaturated/α-hetero) is 1. The zero-order valence-corrected chi connectivity index (χ0v) is 18.1. The van der Waals surface area contributed by atoms with Gasteiger partial charge in [0.25, 0.3) is 0 Å². The van der Waals surface area contributed by atoms with Crippen LogP contribution in [0.25, 0.3) is 0 Å². The van der Waals surface area contributed by atoms with Crippen molar-refractivity contribution in [1.82, 2.24) is 5.32 Å². The van der Waals surface area contributed by atoms with Crippen LogP contribution in [0, 0.1) is 5.41 Å². The first-order valence-electron chi connectivity index (χ1n) is 10.3. The Morgan fingerprint density at radius 1 is 1.17 bits per heavy atom. The Labute approximate surface area is 173 Å². The number of carbonyl (C=O) groups excluding carboxylic acids is 2. The third kappa shape index (κ3) is 4.45. The fourth-order valence-electron chi connectivity index (χ4n) is 4.28. The highest BCUT2D eigenvalue weighted by Gasteiger charge is 2.43. The molecule has 5 heteroatoms. The molecule has 0 aromatic heterocycles. The normalized spacial score (nSPS) is 21.0. The van der Waals surface area contributed by atoms with Gasteiger partial charge in [0.2, 0.25) is 0 Å². The fraction of sp³-hybridized carbons (Fsp3) is 0.500. The highest BCUT2D eigenvalue weighted by molar-refractivity contribution is 6.04. The lowest BCUT2D eigenvalue weighted by atomic mass is 9.68. The molecule has 1 heterocycles. The van der Waals surface area contributed by atoms with Crippen molar-refractivity contribution >= 4 is 11.8 Å². The molecule has 1 N–H and O–H groups in total. The molecule has 0 spiro atoms. The molecule has 29 heavy (non-hydrogen) atoms. The number of allylic oxidation sites excluding steroid dienone is 3. The van der Waals surface area contributed by atoms with Crippen molar-refractivity contribution in [3.63, 3.8) is 0 Å². The molecule has 2 aliphatic rings. The molecule has 0 bridgehead atoms. The van der Waals surface area contributed by atoms with Crippen LogP contribution in [0.2, 0.25) is 0 Å². The number of benzene rings is 1. The van der Waals surface area contributed by atoms with Crippen LogP contribution >= 0.6 is 0 Å². The van der Waals surface area contributed by atoms with Gasteiger partial charge in [0, 0.05) is 36.4 Å². The third-order valence-corrected chi connectivity index (χ3v) is 5.70. The minimum absolute atomic E-state index is 0.100. The summed E-state index contributed by atoms with van der Waals surface area (Å²) in [5.74, 6) is -0.709. The lowest BCUT2D eigenvalue weighted by Crippen LogP contribution is -2.38. The number of nitrogens with one attached hydrogen (secondary N) is 1. The summed E-state index contributed by atoms with van der Waals surface area (Å²) < 4.78 is 10.4. The second-order valence-electron chi connectivity index (χ2n) is 8.65. The standard InChI is InChI=1S/C24H31NO4/c1-6-16-7-9-17(10-8-16)21-20(23(27)29-12-11-28-5)15(2)25-18-13-24(3,4)14-19(26)22(18)21/h7-10,21,25H,6,11-14H2,1-5H3. The number of ketones is 1. The van der Waals surface area contributed by atoms with E-state index in [4.69, 9.17) is 9.47 Å². The molecule has 5 nitrogen and oxygen atoms in total. The molecule has 3 rings (SSSR count). The van der Waals surface area contributed by atoms with Gasteiger partial charge in [0.15, 0.2) is 5.78 Å². The van der Waals surface area contributed by atoms with Gasteiger partial charge < -0.3 is 14.8 Å². The summed E-state index contributed by atoms with van der Waals surface area (Å²) in [5.41, 5.74) is 4.97. The maximum Gasteiger partial charge on any atom is 0.336 e. The van der Waals surface area contributed by atoms with Crippen LogP contribution in [0.4, 0.5) is 0 Å². The molecule has 1 aliphatic carbocycles. The number of hydrogen-bond acceptors (Lipinski definition) is 5. The molecule has 1 aromatic carbocycles. The van der Waals surface area contributed by atoms with Crippen LogP contribution < -0.4 is 5.32 Å². The van der Waals surface area contributed by atoms with E-state index in [-0.39, 0.29) is 17.8 Å². The maximum atomic E-state index is 13.2. The van der Waals surface area contributed by atoms with E-state index in [2.05, 4.69) is 38.2 Å². The number of esters is 1. The minimum atomic E-state index is -0.407. The average molecular weight is 398 g/mol. The maximum absolute atomic E-state index is 13.2. The summed E-state index contributed by atoms with van der Waals surface area (Å²) in [5, 5.41) is 3.35. The van der Waals surface area contributed by atoms with Gasteiger partial charge in [-0.05, 0) is 36.3 Å². The van der Waals surface area contributed by atoms with E-state index in [0.717, 1.165) is 29.8 Å². The number of aryl methyl sites for hydroxylation is 1. The molecule has 0 saturated heterocycles. The van der Waals surface area contributed by atoms with Crippen LogP contribution in [-0.2, 0) is 25.5 Å². The van der Waals surface area contributed by atoms with Crippen LogP contribution in [0.5, 0.6) is 0 Å². The fourth-order valence-corrected chi connectivity index (χ4v) is 4.28. The zero-order valence-electron chi connectivity index (χ0n) is 18.1. The van der Waals surface area contributed by atoms with Crippen molar-refractivity contribution in [3.8, 4) is 0 Å². The smallest absolute Gasteiger partial charge is 0.336 e. The molecule has 156 valence electrons. The summed E-state index contributed by atoms with van der Waals surface area (Å²) >= 11 is 0. The van der Waals surface area contributed by atoms with E-state index in [9.17, 15) is 9.59 Å². The third-order valence-electron chi connectivity index (χ3n) is 5.70. The molecule has 0 saturated carbocycles. The van der Waals surface area contributed by atoms with Gasteiger partial charge in [-0.3, -0.25) is 4.79 Å². The number of carbonyl (C=O) groups is 2. The second-order valence-corrected chi connectivity index (χ2v) is 8.65. The Morgan fingerprint density at radius 2 is 1.86 bits per heavy atom. The first-order valence-corrected chi connectivity index (χ1v) is 10.3. The Kier molecular flexibility index (Phi) is 6.27. The predicted octanol–water partition coefficient (Wildman–Crippen LogP) is 4.04. The summed E-state index contributed by atoms with van der Waals surface area (Å²) in [6, 6.07) is 8.19. The summed E-state index contributed by atoms with van der Waals surface area (Å²) in [4.78, 5) is 26.2. The Balaban J connectivity index is 2.07. The molecule has 1 unspecified atom stereocenters. The summed E-state index contributed by atoms with van der Waals surface area (Å²) in [7, 11) is 1.57. The highest BCUT2D eigenvalue weighted by atomic mass is 16.6. The van der Waals surface area contributed by atoms with Crippen LogP contribution in [0.3, 0.4) is 0 Å². The van der Waals surface area contributed by atoms with Crippen molar-refractivity contribution < 1.29 is 19.1 Å². The van der Waals surface area contributed by atoms with Crippen molar-refractivity contribution in [2.24, 2.45) is 5.41 Å². The Morgan fingerprint density at radius 3 is 2.48 bits per heavy atom. The molecular weight excluding hydrogens is 366 g/mol. The van der Waals surface area contributed by atoms with Crippen molar-refractivity contribution in [2.45, 2.75) is 52.9 Å². The molecule has 1 atom stereocenters. The SMILES string of the molecule is CCc1ccc(C2C(C(=O)OCCOC)=C(C)NC3=C2C(=O)CC(C)(C)C3)cc1. The van der Waals surface area contributed by atoms with Gasteiger partial charge in [0.1, 0.15) is 6.61 Å². The van der Waals surface area contributed by atoms with Crippen LogP contribution in [0.1, 0.15) is 57.6 Å². The van der Waals surface area contributed by atoms with E-state index in [1.54, 1.807) is 7.11 Å². The first-order chi connectivity index (χ1) is 13.8. The van der Waals surface area contributed by atoms with Gasteiger partial charge in [0.05, 0.1) is 12.2 Å². The molecule has 0 radical (unpaired) electrons. The average Bonchev–Trinajstić information content (AvgIpc) is 2.66. The van der Waals surface area contributed by atoms with Gasteiger partial charge in [-0.1, -0.05) is 45.0 Å². The first kappa shape index (κ1) is 21.3. The largest absolute Gasteiger partial charge is 0.460 e. The van der Waals surface area contributed by atoms with Crippen molar-refractivity contribution in [1.29, 1.82) is 0 Å². The van der Waals surface area contributed by atoms with Gasteiger partial charge in [-0.25, -0.2) is 4.79 Å². The van der Waals surface area contributed by atoms with Gasteiger partial charge in [-0.15, -0.1) is 0 Å². The molecule has 0 fully saturated rings. The Hall–Kier alpha value is -2.40. The van der Waals surface area contributed by atoms with Gasteiger partial charge in [-0.2, -0.15) is 0 Å². The lowest BCUT2D eigenvalue weighted by Gasteiger charge is -2.39. The summed E-state index contributed by atoms with van der Waals surface area (Å²) in [6.07, 6.45) is 2.19. The number of methoxy groups -OCH3 is 1. The van der Waals surface area contributed by atoms with Crippen molar-refractivity contribution in [3.05, 3.63) is 57.9 Å². The van der Waals surface area contributed by atoms with Gasteiger partial charge >= 0.3 is 5.97 Å². The number of hydrogen-bond donors (Lipinski definition) is 1. The number of rotatable bonds is 6. The van der Waals surface area contributed by atoms with Crippen LogP contribution in [-0.4, -0.2) is 32.1 Å². The van der Waals surface area contributed by atoms with E-state index < -0.39 is 11.9 Å². The number of dihydropyridines is 1. The number of ether oxygens (including phenoxy) is 2. The molecule has 0 amide bonds. The van der Waals surface area contributed by atoms with E-state index >= 15 is 0 Å². The quantitative estimate of drug-likeness (QED) is 0.580. The van der Waals surface area contributed by atoms with E-state index in [1.807, 2.05) is 19.1 Å². The topological polar surface area (TPSA) is 64.6 Å². The van der Waals surface area contributed by atoms with E-state index in [1.165, 1.54) is 5.56 Å². The molecule has 1 aliphatic heterocycles. The molecular formula is C24H31NO4. The lowest BCUT2D eigenvalue weighted by molar-refractivity contribution is -0.140. The second kappa shape index (κ2) is 8.54. The van der Waals surface area contributed by atoms with Crippen molar-refractivity contribution in [2.75, 3.05) is 20.3 Å². The van der Waals surface area contributed by atoms with Crippen LogP contribution in [0.15, 0.2) is 46.8 Å². The zero-order chi connectivity index (χ0) is 21.2. The predicted molar refractivity (Wildman–Crippen MR) is 112 cm³/mol. The molecule has 1 aromatic rings. The monoisotopic (exact) mass is 397 g/mol.